The molecule has 2 atom stereocenters. The first-order valence-corrected chi connectivity index (χ1v) is 10.5. The van der Waals surface area contributed by atoms with Crippen LogP contribution >= 0.6 is 0 Å². The van der Waals surface area contributed by atoms with E-state index in [1.54, 1.807) is 36.4 Å². The fourth-order valence-corrected chi connectivity index (χ4v) is 3.06. The van der Waals surface area contributed by atoms with Crippen molar-refractivity contribution in [3.8, 4) is 0 Å². The summed E-state index contributed by atoms with van der Waals surface area (Å²) in [5.74, 6) is -5.54. The van der Waals surface area contributed by atoms with E-state index in [0.717, 1.165) is 0 Å². The molecule has 0 bridgehead atoms. The zero-order valence-electron chi connectivity index (χ0n) is 19.0. The van der Waals surface area contributed by atoms with Crippen molar-refractivity contribution in [3.05, 3.63) is 102 Å². The van der Waals surface area contributed by atoms with Crippen molar-refractivity contribution >= 4 is 35.5 Å². The first kappa shape index (κ1) is 25.6. The number of anilines is 1. The Morgan fingerprint density at radius 1 is 0.667 bits per heavy atom. The van der Waals surface area contributed by atoms with Crippen LogP contribution in [0.2, 0.25) is 0 Å². The molecule has 0 aliphatic heterocycles. The quantitative estimate of drug-likeness (QED) is 0.341. The number of amides is 1. The lowest BCUT2D eigenvalue weighted by Gasteiger charge is -2.23. The summed E-state index contributed by atoms with van der Waals surface area (Å²) in [5, 5.41) is 12.2. The molecule has 0 aliphatic carbocycles. The van der Waals surface area contributed by atoms with E-state index >= 15 is 0 Å². The molecule has 0 saturated carbocycles. The van der Waals surface area contributed by atoms with Gasteiger partial charge in [-0.05, 0) is 42.5 Å². The SMILES string of the molecule is COC(=O)c1cccc(NC(=O)[C@H](OC(=O)c2ccccc2)[C@H](OC(=O)c2ccccc2)C(=O)O)c1. The van der Waals surface area contributed by atoms with Gasteiger partial charge in [-0.25, -0.2) is 19.2 Å². The van der Waals surface area contributed by atoms with E-state index in [2.05, 4.69) is 10.1 Å². The molecular formula is C26H21NO9. The molecule has 0 saturated heterocycles. The summed E-state index contributed by atoms with van der Waals surface area (Å²) in [6, 6.07) is 20.7. The molecule has 3 rings (SSSR count). The number of benzene rings is 3. The molecule has 0 spiro atoms. The highest BCUT2D eigenvalue weighted by molar-refractivity contribution is 6.02. The van der Waals surface area contributed by atoms with Crippen LogP contribution in [0.15, 0.2) is 84.9 Å². The normalized spacial score (nSPS) is 11.9. The average Bonchev–Trinajstić information content (AvgIpc) is 2.90. The molecule has 184 valence electrons. The van der Waals surface area contributed by atoms with Crippen LogP contribution in [0.5, 0.6) is 0 Å². The molecule has 3 aromatic carbocycles. The Labute approximate surface area is 205 Å². The van der Waals surface area contributed by atoms with Gasteiger partial charge in [0.2, 0.25) is 12.2 Å². The highest BCUT2D eigenvalue weighted by atomic mass is 16.6. The summed E-state index contributed by atoms with van der Waals surface area (Å²) in [7, 11) is 1.19. The third-order valence-corrected chi connectivity index (χ3v) is 4.81. The van der Waals surface area contributed by atoms with Crippen LogP contribution in [0, 0.1) is 0 Å². The lowest BCUT2D eigenvalue weighted by atomic mass is 10.1. The first-order valence-electron chi connectivity index (χ1n) is 10.5. The number of nitrogens with one attached hydrogen (secondary N) is 1. The van der Waals surface area contributed by atoms with Crippen molar-refractivity contribution < 1.29 is 43.3 Å². The van der Waals surface area contributed by atoms with Crippen molar-refractivity contribution in [3.63, 3.8) is 0 Å². The predicted molar refractivity (Wildman–Crippen MR) is 125 cm³/mol. The minimum absolute atomic E-state index is 0.0306. The zero-order chi connectivity index (χ0) is 26.1. The Hall–Kier alpha value is -4.99. The highest BCUT2D eigenvalue weighted by Crippen LogP contribution is 2.17. The summed E-state index contributed by atoms with van der Waals surface area (Å²) in [4.78, 5) is 62.2. The molecule has 3 aromatic rings. The number of hydrogen-bond acceptors (Lipinski definition) is 8. The van der Waals surface area contributed by atoms with E-state index < -0.39 is 42.0 Å². The number of carboxylic acid groups (broad SMARTS) is 1. The second-order valence-electron chi connectivity index (χ2n) is 7.28. The van der Waals surface area contributed by atoms with Gasteiger partial charge in [-0.1, -0.05) is 42.5 Å². The minimum atomic E-state index is -2.19. The molecule has 0 unspecified atom stereocenters. The Balaban J connectivity index is 1.91. The van der Waals surface area contributed by atoms with Gasteiger partial charge < -0.3 is 24.6 Å². The zero-order valence-corrected chi connectivity index (χ0v) is 19.0. The van der Waals surface area contributed by atoms with E-state index in [4.69, 9.17) is 9.47 Å². The first-order chi connectivity index (χ1) is 17.3. The van der Waals surface area contributed by atoms with Crippen LogP contribution in [-0.4, -0.2) is 54.2 Å². The summed E-state index contributed by atoms with van der Waals surface area (Å²) in [6.45, 7) is 0. The summed E-state index contributed by atoms with van der Waals surface area (Å²) in [5.41, 5.74) is 0.269. The van der Waals surface area contributed by atoms with E-state index in [1.165, 1.54) is 55.6 Å². The minimum Gasteiger partial charge on any atom is -0.478 e. The molecule has 0 aromatic heterocycles. The van der Waals surface area contributed by atoms with Gasteiger partial charge in [-0.3, -0.25) is 4.79 Å². The van der Waals surface area contributed by atoms with Gasteiger partial charge in [0, 0.05) is 5.69 Å². The summed E-state index contributed by atoms with van der Waals surface area (Å²) >= 11 is 0. The number of methoxy groups -OCH3 is 1. The number of aliphatic carboxylic acids is 1. The third kappa shape index (κ3) is 6.54. The molecular weight excluding hydrogens is 470 g/mol. The third-order valence-electron chi connectivity index (χ3n) is 4.81. The number of carbonyl (C=O) groups is 5. The van der Waals surface area contributed by atoms with Crippen LogP contribution in [0.25, 0.3) is 0 Å². The molecule has 0 radical (unpaired) electrons. The van der Waals surface area contributed by atoms with Gasteiger partial charge in [-0.15, -0.1) is 0 Å². The maximum Gasteiger partial charge on any atom is 0.349 e. The van der Waals surface area contributed by atoms with Crippen LogP contribution in [0.4, 0.5) is 5.69 Å². The molecule has 0 heterocycles. The van der Waals surface area contributed by atoms with Gasteiger partial charge in [-0.2, -0.15) is 0 Å². The largest absolute Gasteiger partial charge is 0.478 e. The maximum absolute atomic E-state index is 13.1. The van der Waals surface area contributed by atoms with E-state index in [9.17, 15) is 29.1 Å². The summed E-state index contributed by atoms with van der Waals surface area (Å²) < 4.78 is 15.0. The van der Waals surface area contributed by atoms with Crippen LogP contribution in [-0.2, 0) is 23.8 Å². The topological polar surface area (TPSA) is 145 Å². The van der Waals surface area contributed by atoms with Crippen molar-refractivity contribution in [1.82, 2.24) is 0 Å². The Bertz CT molecular complexity index is 1260. The number of ether oxygens (including phenoxy) is 3. The molecule has 10 heteroatoms. The van der Waals surface area contributed by atoms with Crippen molar-refractivity contribution in [2.75, 3.05) is 12.4 Å². The smallest absolute Gasteiger partial charge is 0.349 e. The van der Waals surface area contributed by atoms with E-state index in [-0.39, 0.29) is 22.4 Å². The Morgan fingerprint density at radius 2 is 1.17 bits per heavy atom. The number of carbonyl (C=O) groups excluding carboxylic acids is 4. The molecule has 0 fully saturated rings. The number of rotatable bonds is 9. The van der Waals surface area contributed by atoms with E-state index in [1.807, 2.05) is 0 Å². The fraction of sp³-hybridized carbons (Fsp3) is 0.115. The van der Waals surface area contributed by atoms with Gasteiger partial charge in [0.25, 0.3) is 5.91 Å². The van der Waals surface area contributed by atoms with Gasteiger partial charge in [0.15, 0.2) is 0 Å². The molecule has 10 nitrogen and oxygen atoms in total. The van der Waals surface area contributed by atoms with Crippen LogP contribution < -0.4 is 5.32 Å². The second kappa shape index (κ2) is 11.9. The second-order valence-corrected chi connectivity index (χ2v) is 7.28. The van der Waals surface area contributed by atoms with Gasteiger partial charge in [0.1, 0.15) is 0 Å². The standard InChI is InChI=1S/C26H21NO9/c1-34-24(31)18-13-8-14-19(15-18)27-22(28)20(35-25(32)16-9-4-2-5-10-16)21(23(29)30)36-26(33)17-11-6-3-7-12-17/h2-15,20-21H,1H3,(H,27,28)(H,29,30)/t20-,21+/m1/s1. The van der Waals surface area contributed by atoms with Crippen molar-refractivity contribution in [2.45, 2.75) is 12.2 Å². The number of hydrogen-bond donors (Lipinski definition) is 2. The van der Waals surface area contributed by atoms with Crippen LogP contribution in [0.3, 0.4) is 0 Å². The fourth-order valence-electron chi connectivity index (χ4n) is 3.06. The van der Waals surface area contributed by atoms with Crippen molar-refractivity contribution in [2.24, 2.45) is 0 Å². The van der Waals surface area contributed by atoms with E-state index in [0.29, 0.717) is 0 Å². The molecule has 2 N–H and O–H groups in total. The maximum atomic E-state index is 13.1. The monoisotopic (exact) mass is 491 g/mol. The van der Waals surface area contributed by atoms with Crippen LogP contribution in [0.1, 0.15) is 31.1 Å². The Morgan fingerprint density at radius 3 is 1.67 bits per heavy atom. The van der Waals surface area contributed by atoms with Gasteiger partial charge in [0.05, 0.1) is 23.8 Å². The highest BCUT2D eigenvalue weighted by Gasteiger charge is 2.41. The van der Waals surface area contributed by atoms with Gasteiger partial charge >= 0.3 is 23.9 Å². The number of esters is 3. The average molecular weight is 491 g/mol. The lowest BCUT2D eigenvalue weighted by Crippen LogP contribution is -2.48. The molecule has 0 aliphatic rings. The number of carboxylic acids is 1. The summed E-state index contributed by atoms with van der Waals surface area (Å²) in [6.07, 6.45) is -4.26. The predicted octanol–water partition coefficient (Wildman–Crippen LogP) is 2.95. The van der Waals surface area contributed by atoms with Crippen molar-refractivity contribution in [1.29, 1.82) is 0 Å². The Kier molecular flexibility index (Phi) is 8.49. The lowest BCUT2D eigenvalue weighted by molar-refractivity contribution is -0.157. The molecule has 36 heavy (non-hydrogen) atoms. The molecule has 1 amide bonds.